The average molecular weight is 214 g/mol. The molecular weight excluding hydrogens is 188 g/mol. The van der Waals surface area contributed by atoms with Gasteiger partial charge >= 0.3 is 0 Å². The molecule has 0 aliphatic carbocycles. The number of nitrogens with zero attached hydrogens (tertiary/aromatic N) is 1. The first-order valence-corrected chi connectivity index (χ1v) is 6.11. The van der Waals surface area contributed by atoms with E-state index in [4.69, 9.17) is 4.74 Å². The molecule has 1 rings (SSSR count). The van der Waals surface area contributed by atoms with Crippen LogP contribution < -0.4 is 5.32 Å². The smallest absolute Gasteiger partial charge is 0.0477 e. The molecule has 3 atom stereocenters. The fourth-order valence-corrected chi connectivity index (χ4v) is 2.56. The maximum Gasteiger partial charge on any atom is 0.0477 e. The van der Waals surface area contributed by atoms with Crippen molar-refractivity contribution in [2.24, 2.45) is 0 Å². The molecule has 0 radical (unpaired) electrons. The summed E-state index contributed by atoms with van der Waals surface area (Å²) in [6, 6.07) is 2.06. The highest BCUT2D eigenvalue weighted by atomic mass is 16.5. The van der Waals surface area contributed by atoms with E-state index in [9.17, 15) is 0 Å². The summed E-state index contributed by atoms with van der Waals surface area (Å²) in [5.41, 5.74) is 0. The summed E-state index contributed by atoms with van der Waals surface area (Å²) in [6.45, 7) is 6.75. The zero-order valence-electron chi connectivity index (χ0n) is 10.6. The van der Waals surface area contributed by atoms with Crippen molar-refractivity contribution in [3.05, 3.63) is 0 Å². The Morgan fingerprint density at radius 3 is 2.80 bits per heavy atom. The molecule has 0 bridgehead atoms. The standard InChI is InChI=1S/C12H26N2O/c1-10(6-8-15-4)14-7-5-12(13-3)9-11(14)2/h10-13H,5-9H2,1-4H3. The molecule has 15 heavy (non-hydrogen) atoms. The Morgan fingerprint density at radius 1 is 1.53 bits per heavy atom. The van der Waals surface area contributed by atoms with Crippen LogP contribution in [-0.4, -0.2) is 50.3 Å². The van der Waals surface area contributed by atoms with Gasteiger partial charge in [0.05, 0.1) is 0 Å². The molecule has 0 aromatic carbocycles. The average Bonchev–Trinajstić information content (AvgIpc) is 2.25. The van der Waals surface area contributed by atoms with E-state index in [1.54, 1.807) is 7.11 Å². The van der Waals surface area contributed by atoms with Gasteiger partial charge in [-0.3, -0.25) is 4.90 Å². The van der Waals surface area contributed by atoms with E-state index in [0.717, 1.165) is 13.0 Å². The zero-order chi connectivity index (χ0) is 11.3. The van der Waals surface area contributed by atoms with Crippen LogP contribution in [0.15, 0.2) is 0 Å². The first-order chi connectivity index (χ1) is 7.19. The predicted octanol–water partition coefficient (Wildman–Crippen LogP) is 1.48. The second kappa shape index (κ2) is 6.46. The Balaban J connectivity index is 2.36. The molecular formula is C12H26N2O. The minimum Gasteiger partial charge on any atom is -0.385 e. The van der Waals surface area contributed by atoms with Crippen molar-refractivity contribution in [1.29, 1.82) is 0 Å². The molecule has 0 aromatic heterocycles. The lowest BCUT2D eigenvalue weighted by Gasteiger charge is -2.41. The largest absolute Gasteiger partial charge is 0.385 e. The van der Waals surface area contributed by atoms with E-state index in [1.165, 1.54) is 19.4 Å². The lowest BCUT2D eigenvalue weighted by atomic mass is 9.96. The maximum atomic E-state index is 5.14. The molecule has 3 nitrogen and oxygen atoms in total. The van der Waals surface area contributed by atoms with Crippen LogP contribution in [0.4, 0.5) is 0 Å². The van der Waals surface area contributed by atoms with E-state index in [-0.39, 0.29) is 0 Å². The van der Waals surface area contributed by atoms with Crippen molar-refractivity contribution in [2.45, 2.75) is 51.2 Å². The number of rotatable bonds is 5. The number of nitrogens with one attached hydrogen (secondary N) is 1. The highest BCUT2D eigenvalue weighted by Crippen LogP contribution is 2.20. The van der Waals surface area contributed by atoms with Gasteiger partial charge in [-0.15, -0.1) is 0 Å². The lowest BCUT2D eigenvalue weighted by Crippen LogP contribution is -2.50. The molecule has 1 heterocycles. The van der Waals surface area contributed by atoms with E-state index < -0.39 is 0 Å². The van der Waals surface area contributed by atoms with Crippen LogP contribution in [0.3, 0.4) is 0 Å². The monoisotopic (exact) mass is 214 g/mol. The lowest BCUT2D eigenvalue weighted by molar-refractivity contribution is 0.0749. The summed E-state index contributed by atoms with van der Waals surface area (Å²) in [6.07, 6.45) is 3.69. The van der Waals surface area contributed by atoms with Crippen LogP contribution >= 0.6 is 0 Å². The van der Waals surface area contributed by atoms with E-state index >= 15 is 0 Å². The molecule has 3 heteroatoms. The molecule has 0 spiro atoms. The SMILES string of the molecule is CNC1CCN(C(C)CCOC)C(C)C1. The second-order valence-electron chi connectivity index (χ2n) is 4.73. The maximum absolute atomic E-state index is 5.14. The highest BCUT2D eigenvalue weighted by molar-refractivity contribution is 4.84. The Labute approximate surface area is 94.2 Å². The summed E-state index contributed by atoms with van der Waals surface area (Å²) in [5, 5.41) is 3.39. The summed E-state index contributed by atoms with van der Waals surface area (Å²) in [5.74, 6) is 0. The van der Waals surface area contributed by atoms with Gasteiger partial charge in [0.2, 0.25) is 0 Å². The third kappa shape index (κ3) is 3.74. The molecule has 1 aliphatic heterocycles. The number of hydrogen-bond donors (Lipinski definition) is 1. The molecule has 90 valence electrons. The number of methoxy groups -OCH3 is 1. The molecule has 0 aromatic rings. The Kier molecular flexibility index (Phi) is 5.58. The van der Waals surface area contributed by atoms with Crippen molar-refractivity contribution < 1.29 is 4.74 Å². The van der Waals surface area contributed by atoms with Gasteiger partial charge in [0.1, 0.15) is 0 Å². The normalized spacial score (nSPS) is 30.4. The fourth-order valence-electron chi connectivity index (χ4n) is 2.56. The highest BCUT2D eigenvalue weighted by Gasteiger charge is 2.27. The Morgan fingerprint density at radius 2 is 2.27 bits per heavy atom. The quantitative estimate of drug-likeness (QED) is 0.750. The first-order valence-electron chi connectivity index (χ1n) is 6.11. The van der Waals surface area contributed by atoms with Gasteiger partial charge in [-0.25, -0.2) is 0 Å². The molecule has 1 aliphatic rings. The van der Waals surface area contributed by atoms with E-state index in [2.05, 4.69) is 31.1 Å². The van der Waals surface area contributed by atoms with Gasteiger partial charge in [-0.1, -0.05) is 0 Å². The van der Waals surface area contributed by atoms with Crippen molar-refractivity contribution in [3.63, 3.8) is 0 Å². The summed E-state index contributed by atoms with van der Waals surface area (Å²) >= 11 is 0. The van der Waals surface area contributed by atoms with Crippen molar-refractivity contribution >= 4 is 0 Å². The summed E-state index contributed by atoms with van der Waals surface area (Å²) in [7, 11) is 3.85. The molecule has 0 saturated carbocycles. The molecule has 3 unspecified atom stereocenters. The van der Waals surface area contributed by atoms with Gasteiger partial charge in [0.25, 0.3) is 0 Å². The number of likely N-dealkylation sites (tertiary alicyclic amines) is 1. The fraction of sp³-hybridized carbons (Fsp3) is 1.00. The van der Waals surface area contributed by atoms with Crippen molar-refractivity contribution in [3.8, 4) is 0 Å². The van der Waals surface area contributed by atoms with Gasteiger partial charge in [-0.2, -0.15) is 0 Å². The minimum atomic E-state index is 0.651. The molecule has 0 amide bonds. The third-order valence-corrected chi connectivity index (χ3v) is 3.64. The molecule has 1 N–H and O–H groups in total. The van der Waals surface area contributed by atoms with Crippen LogP contribution in [0.5, 0.6) is 0 Å². The summed E-state index contributed by atoms with van der Waals surface area (Å²) in [4.78, 5) is 2.62. The molecule has 1 saturated heterocycles. The second-order valence-corrected chi connectivity index (χ2v) is 4.73. The van der Waals surface area contributed by atoms with Crippen LogP contribution in [0.1, 0.15) is 33.1 Å². The minimum absolute atomic E-state index is 0.651. The van der Waals surface area contributed by atoms with Crippen LogP contribution in [0, 0.1) is 0 Å². The third-order valence-electron chi connectivity index (χ3n) is 3.64. The first kappa shape index (κ1) is 12.9. The number of piperidine rings is 1. The Hall–Kier alpha value is -0.120. The van der Waals surface area contributed by atoms with Crippen LogP contribution in [0.25, 0.3) is 0 Å². The van der Waals surface area contributed by atoms with Crippen molar-refractivity contribution in [2.75, 3.05) is 27.3 Å². The number of ether oxygens (including phenoxy) is 1. The van der Waals surface area contributed by atoms with Gasteiger partial charge in [-0.05, 0) is 40.2 Å². The summed E-state index contributed by atoms with van der Waals surface area (Å²) < 4.78 is 5.14. The van der Waals surface area contributed by atoms with Crippen molar-refractivity contribution in [1.82, 2.24) is 10.2 Å². The van der Waals surface area contributed by atoms with Gasteiger partial charge in [0, 0.05) is 38.4 Å². The van der Waals surface area contributed by atoms with Crippen LogP contribution in [0.2, 0.25) is 0 Å². The zero-order valence-corrected chi connectivity index (χ0v) is 10.6. The topological polar surface area (TPSA) is 24.5 Å². The van der Waals surface area contributed by atoms with Gasteiger partial charge < -0.3 is 10.1 Å². The molecule has 1 fully saturated rings. The van der Waals surface area contributed by atoms with Gasteiger partial charge in [0.15, 0.2) is 0 Å². The van der Waals surface area contributed by atoms with Crippen LogP contribution in [-0.2, 0) is 4.74 Å². The Bertz CT molecular complexity index is 171. The van der Waals surface area contributed by atoms with E-state index in [1.807, 2.05) is 0 Å². The van der Waals surface area contributed by atoms with E-state index in [0.29, 0.717) is 18.1 Å². The number of hydrogen-bond acceptors (Lipinski definition) is 3. The predicted molar refractivity (Wildman–Crippen MR) is 64.2 cm³/mol.